The zero-order chi connectivity index (χ0) is 24.8. The van der Waals surface area contributed by atoms with Gasteiger partial charge in [-0.3, -0.25) is 4.79 Å². The van der Waals surface area contributed by atoms with Crippen LogP contribution in [0.2, 0.25) is 0 Å². The van der Waals surface area contributed by atoms with Crippen LogP contribution in [0.1, 0.15) is 30.6 Å². The highest BCUT2D eigenvalue weighted by Gasteiger charge is 2.34. The van der Waals surface area contributed by atoms with Crippen LogP contribution in [-0.2, 0) is 11.3 Å². The molecule has 3 amide bonds. The average Bonchev–Trinajstić information content (AvgIpc) is 3.37. The van der Waals surface area contributed by atoms with Gasteiger partial charge in [-0.05, 0) is 48.9 Å². The van der Waals surface area contributed by atoms with Crippen molar-refractivity contribution in [2.45, 2.75) is 25.9 Å². The van der Waals surface area contributed by atoms with Crippen LogP contribution in [0.25, 0.3) is 0 Å². The van der Waals surface area contributed by atoms with Gasteiger partial charge < -0.3 is 29.2 Å². The minimum atomic E-state index is -0.306. The lowest BCUT2D eigenvalue weighted by Gasteiger charge is -2.38. The van der Waals surface area contributed by atoms with E-state index in [1.54, 1.807) is 43.4 Å². The molecule has 0 saturated heterocycles. The fraction of sp³-hybridized carbons (Fsp3) is 0.333. The van der Waals surface area contributed by atoms with Crippen LogP contribution < -0.4 is 14.8 Å². The van der Waals surface area contributed by atoms with Gasteiger partial charge in [0.1, 0.15) is 24.1 Å². The molecule has 35 heavy (non-hydrogen) atoms. The van der Waals surface area contributed by atoms with Crippen LogP contribution in [0, 0.1) is 0 Å². The molecule has 0 radical (unpaired) electrons. The van der Waals surface area contributed by atoms with Gasteiger partial charge in [0.2, 0.25) is 5.91 Å². The summed E-state index contributed by atoms with van der Waals surface area (Å²) in [5, 5.41) is 2.90. The van der Waals surface area contributed by atoms with E-state index in [0.29, 0.717) is 31.1 Å². The van der Waals surface area contributed by atoms with E-state index in [1.165, 1.54) is 0 Å². The number of carbonyl (C=O) groups excluding carboxylic acids is 2. The number of nitrogens with zero attached hydrogens (tertiary/aromatic N) is 3. The fourth-order valence-corrected chi connectivity index (χ4v) is 4.52. The van der Waals surface area contributed by atoms with Gasteiger partial charge in [-0.1, -0.05) is 25.1 Å². The van der Waals surface area contributed by atoms with Gasteiger partial charge >= 0.3 is 6.03 Å². The summed E-state index contributed by atoms with van der Waals surface area (Å²) in [5.41, 5.74) is 2.60. The Morgan fingerprint density at radius 2 is 1.77 bits per heavy atom. The molecule has 1 unspecified atom stereocenters. The van der Waals surface area contributed by atoms with Crippen LogP contribution in [0.15, 0.2) is 66.9 Å². The lowest BCUT2D eigenvalue weighted by atomic mass is 9.98. The molecular weight excluding hydrogens is 444 g/mol. The fourth-order valence-electron chi connectivity index (χ4n) is 4.52. The first kappa shape index (κ1) is 24.2. The van der Waals surface area contributed by atoms with E-state index < -0.39 is 0 Å². The third kappa shape index (κ3) is 5.26. The average molecular weight is 477 g/mol. The van der Waals surface area contributed by atoms with E-state index in [0.717, 1.165) is 23.4 Å². The number of carbonyl (C=O) groups is 2. The zero-order valence-electron chi connectivity index (χ0n) is 20.4. The van der Waals surface area contributed by atoms with Crippen LogP contribution in [0.5, 0.6) is 11.5 Å². The molecule has 0 saturated carbocycles. The zero-order valence-corrected chi connectivity index (χ0v) is 20.4. The Morgan fingerprint density at radius 3 is 2.49 bits per heavy atom. The molecule has 2 heterocycles. The first-order valence-electron chi connectivity index (χ1n) is 11.8. The molecule has 0 aliphatic carbocycles. The number of para-hydroxylation sites is 1. The van der Waals surface area contributed by atoms with Crippen molar-refractivity contribution in [2.24, 2.45) is 0 Å². The minimum Gasteiger partial charge on any atom is -0.497 e. The Morgan fingerprint density at radius 1 is 1.00 bits per heavy atom. The molecule has 8 heteroatoms. The van der Waals surface area contributed by atoms with E-state index in [-0.39, 0.29) is 24.5 Å². The number of hydrogen-bond acceptors (Lipinski definition) is 4. The predicted octanol–water partition coefficient (Wildman–Crippen LogP) is 4.38. The molecule has 8 nitrogen and oxygen atoms in total. The normalized spacial score (nSPS) is 14.7. The number of methoxy groups -OCH3 is 2. The van der Waals surface area contributed by atoms with Crippen molar-refractivity contribution in [2.75, 3.05) is 39.2 Å². The summed E-state index contributed by atoms with van der Waals surface area (Å²) >= 11 is 0. The second-order valence-corrected chi connectivity index (χ2v) is 8.44. The molecule has 0 spiro atoms. The largest absolute Gasteiger partial charge is 0.497 e. The molecule has 3 aromatic rings. The van der Waals surface area contributed by atoms with Gasteiger partial charge in [0, 0.05) is 42.8 Å². The Kier molecular flexibility index (Phi) is 7.60. The number of aromatic nitrogens is 1. The van der Waals surface area contributed by atoms with Crippen molar-refractivity contribution in [1.82, 2.24) is 14.4 Å². The van der Waals surface area contributed by atoms with Gasteiger partial charge in [-0.25, -0.2) is 4.79 Å². The van der Waals surface area contributed by atoms with Crippen LogP contribution in [0.3, 0.4) is 0 Å². The van der Waals surface area contributed by atoms with Crippen LogP contribution in [-0.4, -0.2) is 60.2 Å². The molecule has 184 valence electrons. The van der Waals surface area contributed by atoms with E-state index in [2.05, 4.69) is 9.88 Å². The first-order chi connectivity index (χ1) is 17.0. The third-order valence-electron chi connectivity index (χ3n) is 6.24. The molecule has 1 aliphatic rings. The van der Waals surface area contributed by atoms with E-state index in [1.807, 2.05) is 54.4 Å². The highest BCUT2D eigenvalue weighted by Crippen LogP contribution is 2.37. The van der Waals surface area contributed by atoms with Crippen molar-refractivity contribution in [3.8, 4) is 11.5 Å². The molecule has 0 fully saturated rings. The monoisotopic (exact) mass is 476 g/mol. The van der Waals surface area contributed by atoms with Crippen LogP contribution >= 0.6 is 0 Å². The Balaban J connectivity index is 1.56. The second kappa shape index (κ2) is 11.0. The summed E-state index contributed by atoms with van der Waals surface area (Å²) in [5.74, 6) is 1.33. The lowest BCUT2D eigenvalue weighted by molar-refractivity contribution is -0.134. The summed E-state index contributed by atoms with van der Waals surface area (Å²) in [7, 11) is 3.23. The molecular formula is C27H32N4O4. The summed E-state index contributed by atoms with van der Waals surface area (Å²) in [6.45, 7) is 3.69. The molecule has 2 aromatic carbocycles. The lowest BCUT2D eigenvalue weighted by Crippen LogP contribution is -2.49. The number of amides is 3. The van der Waals surface area contributed by atoms with Crippen molar-refractivity contribution in [3.05, 3.63) is 78.1 Å². The maximum atomic E-state index is 13.7. The number of anilines is 1. The van der Waals surface area contributed by atoms with Gasteiger partial charge in [0.05, 0.1) is 14.2 Å². The van der Waals surface area contributed by atoms with Gasteiger partial charge in [0.25, 0.3) is 0 Å². The Bertz CT molecular complexity index is 1160. The first-order valence-corrected chi connectivity index (χ1v) is 11.8. The summed E-state index contributed by atoms with van der Waals surface area (Å²) in [4.78, 5) is 30.2. The topological polar surface area (TPSA) is 76.0 Å². The molecule has 4 rings (SSSR count). The van der Waals surface area contributed by atoms with Crippen molar-refractivity contribution in [1.29, 1.82) is 0 Å². The van der Waals surface area contributed by atoms with Gasteiger partial charge in [-0.2, -0.15) is 0 Å². The second-order valence-electron chi connectivity index (χ2n) is 8.44. The third-order valence-corrected chi connectivity index (χ3v) is 6.24. The van der Waals surface area contributed by atoms with Gasteiger partial charge in [-0.15, -0.1) is 0 Å². The maximum absolute atomic E-state index is 13.7. The summed E-state index contributed by atoms with van der Waals surface area (Å²) < 4.78 is 13.0. The number of urea groups is 1. The molecule has 1 atom stereocenters. The number of fused-ring (bicyclic) bond motifs is 1. The highest BCUT2D eigenvalue weighted by atomic mass is 16.5. The minimum absolute atomic E-state index is 0.0117. The van der Waals surface area contributed by atoms with E-state index in [4.69, 9.17) is 9.47 Å². The number of nitrogens with one attached hydrogen (secondary N) is 1. The van der Waals surface area contributed by atoms with Crippen molar-refractivity contribution in [3.63, 3.8) is 0 Å². The summed E-state index contributed by atoms with van der Waals surface area (Å²) in [6.07, 6.45) is 2.77. The van der Waals surface area contributed by atoms with Crippen molar-refractivity contribution < 1.29 is 19.1 Å². The number of ether oxygens (including phenoxy) is 2. The Hall–Kier alpha value is -3.94. The number of benzene rings is 2. The molecule has 0 bridgehead atoms. The number of rotatable bonds is 8. The van der Waals surface area contributed by atoms with Crippen molar-refractivity contribution >= 4 is 17.6 Å². The molecule has 1 N–H and O–H groups in total. The summed E-state index contributed by atoms with van der Waals surface area (Å²) in [6, 6.07) is 18.3. The molecule has 1 aromatic heterocycles. The maximum Gasteiger partial charge on any atom is 0.322 e. The van der Waals surface area contributed by atoms with Gasteiger partial charge in [0.15, 0.2) is 0 Å². The van der Waals surface area contributed by atoms with Crippen LogP contribution in [0.4, 0.5) is 10.5 Å². The highest BCUT2D eigenvalue weighted by molar-refractivity contribution is 5.92. The standard InChI is InChI=1S/C27H32N4O4/c1-4-15-30(27(33)28-20-11-13-21(34-2)14-12-20)19-25(32)31-18-17-29-16-7-9-23(29)26(31)22-8-5-6-10-24(22)35-3/h5-14,16,26H,4,15,17-19H2,1-3H3,(H,28,33). The van der Waals surface area contributed by atoms with E-state index >= 15 is 0 Å². The SMILES string of the molecule is CCCN(CC(=O)N1CCn2cccc2C1c1ccccc1OC)C(=O)Nc1ccc(OC)cc1. The molecule has 1 aliphatic heterocycles. The Labute approximate surface area is 206 Å². The quantitative estimate of drug-likeness (QED) is 0.524. The number of hydrogen-bond donors (Lipinski definition) is 1. The smallest absolute Gasteiger partial charge is 0.322 e. The van der Waals surface area contributed by atoms with E-state index in [9.17, 15) is 9.59 Å². The predicted molar refractivity (Wildman–Crippen MR) is 135 cm³/mol.